The van der Waals surface area contributed by atoms with Crippen LogP contribution in [0, 0.1) is 0 Å². The summed E-state index contributed by atoms with van der Waals surface area (Å²) in [6.07, 6.45) is -0.936. The van der Waals surface area contributed by atoms with Crippen molar-refractivity contribution in [2.24, 2.45) is 0 Å². The fourth-order valence-electron chi connectivity index (χ4n) is 3.46. The van der Waals surface area contributed by atoms with Crippen molar-refractivity contribution in [2.45, 2.75) is 89.3 Å². The molecule has 1 aliphatic heterocycles. The van der Waals surface area contributed by atoms with Gasteiger partial charge in [0, 0.05) is 12.7 Å². The third-order valence-electron chi connectivity index (χ3n) is 4.86. The number of benzene rings is 1. The maximum atomic E-state index is 13.4. The highest BCUT2D eigenvalue weighted by Crippen LogP contribution is 2.38. The summed E-state index contributed by atoms with van der Waals surface area (Å²) >= 11 is 0. The Labute approximate surface area is 189 Å². The van der Waals surface area contributed by atoms with Gasteiger partial charge in [0.1, 0.15) is 11.2 Å². The van der Waals surface area contributed by atoms with Crippen LogP contribution in [0.4, 0.5) is 9.59 Å². The zero-order valence-electron chi connectivity index (χ0n) is 19.7. The predicted octanol–water partition coefficient (Wildman–Crippen LogP) is 4.17. The van der Waals surface area contributed by atoms with Crippen LogP contribution in [0.5, 0.6) is 0 Å². The molecular formula is C22H32N2O7S. The van der Waals surface area contributed by atoms with Crippen LogP contribution < -0.4 is 0 Å². The quantitative estimate of drug-likeness (QED) is 0.653. The van der Waals surface area contributed by atoms with Gasteiger partial charge in [0.25, 0.3) is 10.0 Å². The average molecular weight is 469 g/mol. The van der Waals surface area contributed by atoms with Crippen molar-refractivity contribution in [1.82, 2.24) is 9.21 Å². The molecular weight excluding hydrogens is 436 g/mol. The Balaban J connectivity index is 1.91. The van der Waals surface area contributed by atoms with E-state index in [1.165, 1.54) is 24.1 Å². The molecule has 0 spiro atoms. The molecule has 1 saturated carbocycles. The number of rotatable bonds is 4. The van der Waals surface area contributed by atoms with E-state index in [9.17, 15) is 18.0 Å². The third-order valence-corrected chi connectivity index (χ3v) is 6.68. The molecule has 0 saturated heterocycles. The summed E-state index contributed by atoms with van der Waals surface area (Å²) in [6.45, 7) is 10.5. The van der Waals surface area contributed by atoms with Crippen LogP contribution in [0.1, 0.15) is 71.7 Å². The van der Waals surface area contributed by atoms with Gasteiger partial charge in [0.05, 0.1) is 17.5 Å². The van der Waals surface area contributed by atoms with E-state index in [-0.39, 0.29) is 11.4 Å². The Morgan fingerprint density at radius 2 is 1.62 bits per heavy atom. The number of sulfonamides is 1. The van der Waals surface area contributed by atoms with Gasteiger partial charge in [0.2, 0.25) is 0 Å². The SMILES string of the molecule is COC1c2ccc(S(=O)(=O)N(C(=O)OC(C)(C)C)C3CC3)cc2CN1C(=O)OC(C)(C)C. The molecule has 0 aromatic heterocycles. The van der Waals surface area contributed by atoms with Crippen LogP contribution in [0.3, 0.4) is 0 Å². The summed E-state index contributed by atoms with van der Waals surface area (Å²) in [7, 11) is -2.67. The minimum atomic E-state index is -4.14. The molecule has 178 valence electrons. The maximum Gasteiger partial charge on any atom is 0.424 e. The van der Waals surface area contributed by atoms with Gasteiger partial charge < -0.3 is 14.2 Å². The van der Waals surface area contributed by atoms with Crippen LogP contribution in [-0.2, 0) is 30.8 Å². The van der Waals surface area contributed by atoms with Gasteiger partial charge in [0.15, 0.2) is 6.23 Å². The highest BCUT2D eigenvalue weighted by Gasteiger charge is 2.45. The number of carbonyl (C=O) groups is 2. The zero-order valence-corrected chi connectivity index (χ0v) is 20.5. The highest BCUT2D eigenvalue weighted by atomic mass is 32.2. The number of methoxy groups -OCH3 is 1. The molecule has 1 fully saturated rings. The molecule has 1 aromatic carbocycles. The van der Waals surface area contributed by atoms with Gasteiger partial charge >= 0.3 is 12.2 Å². The summed E-state index contributed by atoms with van der Waals surface area (Å²) < 4.78 is 43.9. The first kappa shape index (κ1) is 24.3. The van der Waals surface area contributed by atoms with Gasteiger partial charge in [-0.2, -0.15) is 4.31 Å². The molecule has 10 heteroatoms. The first-order chi connectivity index (χ1) is 14.6. The topological polar surface area (TPSA) is 102 Å². The second kappa shape index (κ2) is 8.22. The molecule has 0 N–H and O–H groups in total. The highest BCUT2D eigenvalue weighted by molar-refractivity contribution is 7.89. The van der Waals surface area contributed by atoms with E-state index in [1.807, 2.05) is 0 Å². The minimum Gasteiger partial charge on any atom is -0.444 e. The average Bonchev–Trinajstić information content (AvgIpc) is 3.36. The Bertz CT molecular complexity index is 1000. The van der Waals surface area contributed by atoms with Crippen molar-refractivity contribution in [3.05, 3.63) is 29.3 Å². The maximum absolute atomic E-state index is 13.4. The fraction of sp³-hybridized carbons (Fsp3) is 0.636. The monoisotopic (exact) mass is 468 g/mol. The Hall–Kier alpha value is -2.33. The lowest BCUT2D eigenvalue weighted by atomic mass is 10.1. The van der Waals surface area contributed by atoms with Crippen LogP contribution >= 0.6 is 0 Å². The van der Waals surface area contributed by atoms with Gasteiger partial charge in [-0.05, 0) is 72.1 Å². The molecule has 1 atom stereocenters. The van der Waals surface area contributed by atoms with Crippen LogP contribution in [0.2, 0.25) is 0 Å². The second-order valence-corrected chi connectivity index (χ2v) is 11.9. The number of hydrogen-bond donors (Lipinski definition) is 0. The van der Waals surface area contributed by atoms with E-state index in [0.717, 1.165) is 4.31 Å². The van der Waals surface area contributed by atoms with Crippen molar-refractivity contribution < 1.29 is 32.2 Å². The lowest BCUT2D eigenvalue weighted by molar-refractivity contribution is -0.0448. The zero-order chi connectivity index (χ0) is 24.1. The Morgan fingerprint density at radius 1 is 1.03 bits per heavy atom. The number of ether oxygens (including phenoxy) is 3. The first-order valence-corrected chi connectivity index (χ1v) is 12.0. The number of carbonyl (C=O) groups excluding carboxylic acids is 2. The van der Waals surface area contributed by atoms with Gasteiger partial charge in [-0.3, -0.25) is 4.90 Å². The Morgan fingerprint density at radius 3 is 2.12 bits per heavy atom. The van der Waals surface area contributed by atoms with Crippen molar-refractivity contribution in [2.75, 3.05) is 7.11 Å². The predicted molar refractivity (Wildman–Crippen MR) is 116 cm³/mol. The smallest absolute Gasteiger partial charge is 0.424 e. The molecule has 2 amide bonds. The summed E-state index contributed by atoms with van der Waals surface area (Å²) in [6, 6.07) is 4.12. The first-order valence-electron chi connectivity index (χ1n) is 10.6. The number of amides is 2. The third kappa shape index (κ3) is 5.17. The van der Waals surface area contributed by atoms with E-state index in [4.69, 9.17) is 14.2 Å². The molecule has 1 unspecified atom stereocenters. The van der Waals surface area contributed by atoms with Crippen molar-refractivity contribution in [3.63, 3.8) is 0 Å². The van der Waals surface area contributed by atoms with Gasteiger partial charge in [-0.25, -0.2) is 18.0 Å². The van der Waals surface area contributed by atoms with Crippen LogP contribution in [-0.4, -0.2) is 54.2 Å². The fourth-order valence-corrected chi connectivity index (χ4v) is 5.06. The summed E-state index contributed by atoms with van der Waals surface area (Å²) in [4.78, 5) is 26.7. The second-order valence-electron chi connectivity index (χ2n) is 10.1. The van der Waals surface area contributed by atoms with E-state index in [0.29, 0.717) is 24.0 Å². The molecule has 9 nitrogen and oxygen atoms in total. The summed E-state index contributed by atoms with van der Waals surface area (Å²) in [5.74, 6) is 0. The summed E-state index contributed by atoms with van der Waals surface area (Å²) in [5.41, 5.74) is -0.218. The van der Waals surface area contributed by atoms with E-state index in [1.54, 1.807) is 47.6 Å². The molecule has 0 radical (unpaired) electrons. The molecule has 0 bridgehead atoms. The standard InChI is InChI=1S/C22H32N2O7S/c1-21(2,3)30-19(25)23-13-14-12-16(10-11-17(14)18(23)29-7)32(27,28)24(15-8-9-15)20(26)31-22(4,5)6/h10-12,15,18H,8-9,13H2,1-7H3. The molecule has 1 aliphatic carbocycles. The minimum absolute atomic E-state index is 0.0325. The lowest BCUT2D eigenvalue weighted by Gasteiger charge is -2.28. The van der Waals surface area contributed by atoms with E-state index < -0.39 is 45.7 Å². The van der Waals surface area contributed by atoms with Crippen molar-refractivity contribution in [3.8, 4) is 0 Å². The normalized spacial score (nSPS) is 18.8. The molecule has 1 aromatic rings. The van der Waals surface area contributed by atoms with E-state index >= 15 is 0 Å². The van der Waals surface area contributed by atoms with E-state index in [2.05, 4.69) is 0 Å². The summed E-state index contributed by atoms with van der Waals surface area (Å²) in [5, 5.41) is 0. The number of fused-ring (bicyclic) bond motifs is 1. The number of nitrogens with zero attached hydrogens (tertiary/aromatic N) is 2. The largest absolute Gasteiger partial charge is 0.444 e. The Kier molecular flexibility index (Phi) is 6.25. The number of hydrogen-bond acceptors (Lipinski definition) is 7. The molecule has 3 rings (SSSR count). The van der Waals surface area contributed by atoms with Gasteiger partial charge in [-0.1, -0.05) is 6.07 Å². The molecule has 1 heterocycles. The van der Waals surface area contributed by atoms with Gasteiger partial charge in [-0.15, -0.1) is 0 Å². The van der Waals surface area contributed by atoms with Crippen LogP contribution in [0.25, 0.3) is 0 Å². The van der Waals surface area contributed by atoms with Crippen molar-refractivity contribution in [1.29, 1.82) is 0 Å². The molecule has 32 heavy (non-hydrogen) atoms. The van der Waals surface area contributed by atoms with Crippen molar-refractivity contribution >= 4 is 22.2 Å². The van der Waals surface area contributed by atoms with Crippen LogP contribution in [0.15, 0.2) is 23.1 Å². The lowest BCUT2D eigenvalue weighted by Crippen LogP contribution is -2.42. The molecule has 2 aliphatic rings.